The van der Waals surface area contributed by atoms with Gasteiger partial charge in [-0.25, -0.2) is 4.79 Å². The summed E-state index contributed by atoms with van der Waals surface area (Å²) in [6.07, 6.45) is 4.20. The molecule has 0 aliphatic heterocycles. The SMILES string of the molecule is NC(=S)CN(C(=O)Nc1cc(Cl)cc(Cl)c1)C1CCCC1. The molecular formula is C14H17Cl2N3OS. The van der Waals surface area contributed by atoms with Crippen molar-refractivity contribution in [3.8, 4) is 0 Å². The van der Waals surface area contributed by atoms with Crippen LogP contribution in [0.1, 0.15) is 25.7 Å². The second-order valence-electron chi connectivity index (χ2n) is 5.12. The number of halogens is 2. The van der Waals surface area contributed by atoms with E-state index in [2.05, 4.69) is 5.32 Å². The van der Waals surface area contributed by atoms with Crippen LogP contribution in [0.25, 0.3) is 0 Å². The van der Waals surface area contributed by atoms with E-state index in [4.69, 9.17) is 41.2 Å². The minimum absolute atomic E-state index is 0.182. The van der Waals surface area contributed by atoms with Crippen molar-refractivity contribution in [2.24, 2.45) is 5.73 Å². The number of rotatable bonds is 4. The van der Waals surface area contributed by atoms with Crippen LogP contribution in [-0.2, 0) is 0 Å². The predicted molar refractivity (Wildman–Crippen MR) is 91.2 cm³/mol. The Morgan fingerprint density at radius 3 is 2.38 bits per heavy atom. The molecule has 0 spiro atoms. The van der Waals surface area contributed by atoms with Gasteiger partial charge in [0.1, 0.15) is 0 Å². The molecule has 2 rings (SSSR count). The van der Waals surface area contributed by atoms with Gasteiger partial charge in [0, 0.05) is 21.8 Å². The van der Waals surface area contributed by atoms with Crippen LogP contribution in [0.15, 0.2) is 18.2 Å². The highest BCUT2D eigenvalue weighted by Gasteiger charge is 2.27. The number of hydrogen-bond acceptors (Lipinski definition) is 2. The Morgan fingerprint density at radius 2 is 1.86 bits per heavy atom. The molecule has 0 aromatic heterocycles. The van der Waals surface area contributed by atoms with Crippen molar-refractivity contribution in [1.82, 2.24) is 4.90 Å². The van der Waals surface area contributed by atoms with Gasteiger partial charge < -0.3 is 16.0 Å². The second-order valence-corrected chi connectivity index (χ2v) is 6.52. The van der Waals surface area contributed by atoms with Crippen molar-refractivity contribution < 1.29 is 4.79 Å². The number of urea groups is 1. The highest BCUT2D eigenvalue weighted by atomic mass is 35.5. The van der Waals surface area contributed by atoms with E-state index in [1.165, 1.54) is 0 Å². The van der Waals surface area contributed by atoms with Crippen LogP contribution in [0.5, 0.6) is 0 Å². The molecule has 1 aliphatic carbocycles. The minimum atomic E-state index is -0.229. The van der Waals surface area contributed by atoms with Crippen LogP contribution in [-0.4, -0.2) is 28.5 Å². The zero-order chi connectivity index (χ0) is 15.4. The molecule has 1 aromatic carbocycles. The van der Waals surface area contributed by atoms with Gasteiger partial charge in [0.05, 0.1) is 11.5 Å². The smallest absolute Gasteiger partial charge is 0.322 e. The van der Waals surface area contributed by atoms with Gasteiger partial charge in [0.25, 0.3) is 0 Å². The van der Waals surface area contributed by atoms with Crippen LogP contribution in [0, 0.1) is 0 Å². The molecule has 1 saturated carbocycles. The average Bonchev–Trinajstić information content (AvgIpc) is 2.87. The molecule has 0 heterocycles. The first kappa shape index (κ1) is 16.3. The molecular weight excluding hydrogens is 329 g/mol. The molecule has 0 atom stereocenters. The number of nitrogens with one attached hydrogen (secondary N) is 1. The van der Waals surface area contributed by atoms with E-state index in [-0.39, 0.29) is 18.6 Å². The Labute approximate surface area is 139 Å². The third-order valence-electron chi connectivity index (χ3n) is 3.47. The Morgan fingerprint density at radius 1 is 1.29 bits per heavy atom. The van der Waals surface area contributed by atoms with E-state index in [0.29, 0.717) is 20.7 Å². The summed E-state index contributed by atoms with van der Waals surface area (Å²) >= 11 is 16.8. The van der Waals surface area contributed by atoms with Crippen molar-refractivity contribution in [2.45, 2.75) is 31.7 Å². The van der Waals surface area contributed by atoms with Gasteiger partial charge in [-0.15, -0.1) is 0 Å². The molecule has 4 nitrogen and oxygen atoms in total. The Bertz CT molecular complexity index is 527. The van der Waals surface area contributed by atoms with Gasteiger partial charge in [0.15, 0.2) is 0 Å². The zero-order valence-electron chi connectivity index (χ0n) is 11.4. The normalized spacial score (nSPS) is 15.0. The zero-order valence-corrected chi connectivity index (χ0v) is 13.8. The lowest BCUT2D eigenvalue weighted by atomic mass is 10.2. The Kier molecular flexibility index (Phi) is 5.67. The summed E-state index contributed by atoms with van der Waals surface area (Å²) in [4.78, 5) is 14.5. The number of anilines is 1. The van der Waals surface area contributed by atoms with Gasteiger partial charge in [-0.2, -0.15) is 0 Å². The molecule has 114 valence electrons. The maximum absolute atomic E-state index is 12.5. The molecule has 3 N–H and O–H groups in total. The van der Waals surface area contributed by atoms with E-state index in [9.17, 15) is 4.79 Å². The van der Waals surface area contributed by atoms with E-state index in [1.54, 1.807) is 23.1 Å². The Hall–Kier alpha value is -1.04. The second kappa shape index (κ2) is 7.29. The Balaban J connectivity index is 2.11. The first-order valence-electron chi connectivity index (χ1n) is 6.78. The van der Waals surface area contributed by atoms with Crippen LogP contribution in [0.3, 0.4) is 0 Å². The summed E-state index contributed by atoms with van der Waals surface area (Å²) in [6, 6.07) is 4.87. The number of thiocarbonyl (C=S) groups is 1. The minimum Gasteiger partial charge on any atom is -0.392 e. The van der Waals surface area contributed by atoms with Gasteiger partial charge in [-0.05, 0) is 31.0 Å². The van der Waals surface area contributed by atoms with Crippen molar-refractivity contribution >= 4 is 52.1 Å². The monoisotopic (exact) mass is 345 g/mol. The van der Waals surface area contributed by atoms with Crippen molar-refractivity contribution in [1.29, 1.82) is 0 Å². The summed E-state index contributed by atoms with van der Waals surface area (Å²) in [6.45, 7) is 0.278. The maximum atomic E-state index is 12.5. The lowest BCUT2D eigenvalue weighted by molar-refractivity contribution is 0.199. The molecule has 0 unspecified atom stereocenters. The number of amides is 2. The number of benzene rings is 1. The van der Waals surface area contributed by atoms with Crippen LogP contribution in [0.2, 0.25) is 10.0 Å². The molecule has 1 aliphatic rings. The van der Waals surface area contributed by atoms with Crippen LogP contribution in [0.4, 0.5) is 10.5 Å². The summed E-state index contributed by atoms with van der Waals surface area (Å²) < 4.78 is 0. The van der Waals surface area contributed by atoms with Crippen LogP contribution >= 0.6 is 35.4 Å². The topological polar surface area (TPSA) is 58.4 Å². The first-order chi connectivity index (χ1) is 9.95. The number of hydrogen-bond donors (Lipinski definition) is 2. The van der Waals surface area contributed by atoms with Crippen molar-refractivity contribution in [3.05, 3.63) is 28.2 Å². The third kappa shape index (κ3) is 4.73. The highest BCUT2D eigenvalue weighted by Crippen LogP contribution is 2.26. The average molecular weight is 346 g/mol. The first-order valence-corrected chi connectivity index (χ1v) is 7.94. The molecule has 1 fully saturated rings. The number of nitrogens with zero attached hydrogens (tertiary/aromatic N) is 1. The van der Waals surface area contributed by atoms with Crippen molar-refractivity contribution in [3.63, 3.8) is 0 Å². The maximum Gasteiger partial charge on any atom is 0.322 e. The lowest BCUT2D eigenvalue weighted by Crippen LogP contribution is -2.45. The number of carbonyl (C=O) groups is 1. The summed E-state index contributed by atoms with van der Waals surface area (Å²) in [5.41, 5.74) is 6.17. The number of nitrogens with two attached hydrogens (primary N) is 1. The molecule has 0 saturated heterocycles. The van der Waals surface area contributed by atoms with Gasteiger partial charge in [-0.1, -0.05) is 48.3 Å². The fraction of sp³-hybridized carbons (Fsp3) is 0.429. The molecule has 0 bridgehead atoms. The molecule has 7 heteroatoms. The van der Waals surface area contributed by atoms with E-state index < -0.39 is 0 Å². The largest absolute Gasteiger partial charge is 0.392 e. The van der Waals surface area contributed by atoms with Crippen LogP contribution < -0.4 is 11.1 Å². The third-order valence-corrected chi connectivity index (χ3v) is 4.03. The fourth-order valence-electron chi connectivity index (χ4n) is 2.57. The number of carbonyl (C=O) groups excluding carboxylic acids is 1. The fourth-order valence-corrected chi connectivity index (χ4v) is 3.24. The predicted octanol–water partition coefficient (Wildman–Crippen LogP) is 4.06. The van der Waals surface area contributed by atoms with Crippen molar-refractivity contribution in [2.75, 3.05) is 11.9 Å². The summed E-state index contributed by atoms with van der Waals surface area (Å²) in [5, 5.41) is 3.75. The van der Waals surface area contributed by atoms with Gasteiger partial charge in [-0.3, -0.25) is 0 Å². The lowest BCUT2D eigenvalue weighted by Gasteiger charge is -2.28. The molecule has 1 aromatic rings. The van der Waals surface area contributed by atoms with Gasteiger partial charge >= 0.3 is 6.03 Å². The highest BCUT2D eigenvalue weighted by molar-refractivity contribution is 7.80. The van der Waals surface area contributed by atoms with E-state index >= 15 is 0 Å². The molecule has 2 amide bonds. The van der Waals surface area contributed by atoms with E-state index in [1.807, 2.05) is 0 Å². The van der Waals surface area contributed by atoms with Gasteiger partial charge in [0.2, 0.25) is 0 Å². The standard InChI is InChI=1S/C14H17Cl2N3OS/c15-9-5-10(16)7-11(6-9)18-14(20)19(8-13(17)21)12-3-1-2-4-12/h5-7,12H,1-4,8H2,(H2,17,21)(H,18,20). The van der Waals surface area contributed by atoms with E-state index in [0.717, 1.165) is 25.7 Å². The quantitative estimate of drug-likeness (QED) is 0.809. The molecule has 21 heavy (non-hydrogen) atoms. The molecule has 0 radical (unpaired) electrons. The summed E-state index contributed by atoms with van der Waals surface area (Å²) in [5.74, 6) is 0. The summed E-state index contributed by atoms with van der Waals surface area (Å²) in [7, 11) is 0.